The Labute approximate surface area is 155 Å². The molecule has 1 aromatic carbocycles. The van der Waals surface area contributed by atoms with Crippen LogP contribution in [0.15, 0.2) is 36.5 Å². The zero-order valence-corrected chi connectivity index (χ0v) is 16.2. The van der Waals surface area contributed by atoms with Crippen LogP contribution in [0.5, 0.6) is 0 Å². The van der Waals surface area contributed by atoms with Crippen molar-refractivity contribution < 1.29 is 9.18 Å². The van der Waals surface area contributed by atoms with Crippen molar-refractivity contribution in [3.8, 4) is 5.69 Å². The van der Waals surface area contributed by atoms with Crippen molar-refractivity contribution in [2.45, 2.75) is 27.7 Å². The van der Waals surface area contributed by atoms with Gasteiger partial charge >= 0.3 is 0 Å². The fraction of sp³-hybridized carbons (Fsp3) is 0.500. The smallest absolute Gasteiger partial charge is 0.274 e. The van der Waals surface area contributed by atoms with Gasteiger partial charge < -0.3 is 9.80 Å². The Morgan fingerprint density at radius 1 is 1.12 bits per heavy atom. The van der Waals surface area contributed by atoms with Gasteiger partial charge in [0.2, 0.25) is 0 Å². The van der Waals surface area contributed by atoms with Crippen LogP contribution in [0.25, 0.3) is 5.69 Å². The number of rotatable bonds is 9. The van der Waals surface area contributed by atoms with Crippen LogP contribution >= 0.6 is 0 Å². The zero-order valence-electron chi connectivity index (χ0n) is 16.2. The monoisotopic (exact) mass is 360 g/mol. The SMILES string of the molecule is CCN(CC)CCN(CC(C)C)C(=O)c1ccn(-c2ccc(F)cc2)n1. The molecule has 1 aromatic heterocycles. The Morgan fingerprint density at radius 2 is 1.77 bits per heavy atom. The maximum Gasteiger partial charge on any atom is 0.274 e. The van der Waals surface area contributed by atoms with Crippen LogP contribution in [0.3, 0.4) is 0 Å². The molecule has 0 N–H and O–H groups in total. The number of amides is 1. The topological polar surface area (TPSA) is 41.4 Å². The summed E-state index contributed by atoms with van der Waals surface area (Å²) in [6.45, 7) is 12.6. The standard InChI is InChI=1S/C20H29FN4O/c1-5-23(6-2)13-14-24(15-16(3)4)20(26)19-11-12-25(22-19)18-9-7-17(21)8-10-18/h7-12,16H,5-6,13-15H2,1-4H3. The lowest BCUT2D eigenvalue weighted by Crippen LogP contribution is -2.40. The van der Waals surface area contributed by atoms with Gasteiger partial charge in [-0.1, -0.05) is 27.7 Å². The van der Waals surface area contributed by atoms with Gasteiger partial charge in [0.15, 0.2) is 5.69 Å². The Bertz CT molecular complexity index is 692. The molecule has 2 rings (SSSR count). The van der Waals surface area contributed by atoms with Crippen molar-refractivity contribution in [1.29, 1.82) is 0 Å². The first-order valence-corrected chi connectivity index (χ1v) is 9.27. The first-order chi connectivity index (χ1) is 12.4. The van der Waals surface area contributed by atoms with Crippen LogP contribution in [-0.4, -0.2) is 58.2 Å². The maximum atomic E-state index is 13.1. The van der Waals surface area contributed by atoms with E-state index in [-0.39, 0.29) is 11.7 Å². The van der Waals surface area contributed by atoms with E-state index < -0.39 is 0 Å². The normalized spacial score (nSPS) is 11.3. The van der Waals surface area contributed by atoms with Crippen LogP contribution in [-0.2, 0) is 0 Å². The van der Waals surface area contributed by atoms with Crippen molar-refractivity contribution >= 4 is 5.91 Å². The summed E-state index contributed by atoms with van der Waals surface area (Å²) < 4.78 is 14.7. The Morgan fingerprint density at radius 3 is 2.35 bits per heavy atom. The van der Waals surface area contributed by atoms with E-state index in [9.17, 15) is 9.18 Å². The summed E-state index contributed by atoms with van der Waals surface area (Å²) in [6.07, 6.45) is 1.73. The largest absolute Gasteiger partial charge is 0.336 e. The summed E-state index contributed by atoms with van der Waals surface area (Å²) >= 11 is 0. The van der Waals surface area contributed by atoms with E-state index in [1.807, 2.05) is 4.90 Å². The van der Waals surface area contributed by atoms with Crippen molar-refractivity contribution in [3.05, 3.63) is 48.0 Å². The van der Waals surface area contributed by atoms with Gasteiger partial charge in [-0.15, -0.1) is 0 Å². The third-order valence-electron chi connectivity index (χ3n) is 4.35. The minimum atomic E-state index is -0.295. The molecular weight excluding hydrogens is 331 g/mol. The molecule has 0 bridgehead atoms. The summed E-state index contributed by atoms with van der Waals surface area (Å²) in [5.74, 6) is 0.0262. The molecule has 0 saturated carbocycles. The second-order valence-corrected chi connectivity index (χ2v) is 6.79. The number of hydrogen-bond acceptors (Lipinski definition) is 3. The average Bonchev–Trinajstić information content (AvgIpc) is 3.11. The lowest BCUT2D eigenvalue weighted by Gasteiger charge is -2.27. The number of nitrogens with zero attached hydrogens (tertiary/aromatic N) is 4. The molecular formula is C20H29FN4O. The number of aromatic nitrogens is 2. The molecule has 2 aromatic rings. The molecule has 0 fully saturated rings. The first kappa shape index (κ1) is 20.1. The van der Waals surface area contributed by atoms with E-state index in [1.54, 1.807) is 29.1 Å². The molecule has 142 valence electrons. The Hall–Kier alpha value is -2.21. The molecule has 0 spiro atoms. The van der Waals surface area contributed by atoms with Crippen molar-refractivity contribution in [2.24, 2.45) is 5.92 Å². The fourth-order valence-electron chi connectivity index (χ4n) is 2.86. The minimum Gasteiger partial charge on any atom is -0.336 e. The predicted molar refractivity (Wildman–Crippen MR) is 102 cm³/mol. The van der Waals surface area contributed by atoms with E-state index in [0.29, 0.717) is 24.7 Å². The average molecular weight is 360 g/mol. The van der Waals surface area contributed by atoms with Crippen molar-refractivity contribution in [3.63, 3.8) is 0 Å². The number of benzene rings is 1. The highest BCUT2D eigenvalue weighted by Crippen LogP contribution is 2.11. The quantitative estimate of drug-likeness (QED) is 0.688. The molecule has 0 aliphatic rings. The first-order valence-electron chi connectivity index (χ1n) is 9.27. The molecule has 0 aliphatic carbocycles. The zero-order chi connectivity index (χ0) is 19.1. The highest BCUT2D eigenvalue weighted by molar-refractivity contribution is 5.92. The van der Waals surface area contributed by atoms with Crippen LogP contribution in [0.4, 0.5) is 4.39 Å². The Kier molecular flexibility index (Phi) is 7.33. The summed E-state index contributed by atoms with van der Waals surface area (Å²) in [4.78, 5) is 17.1. The third-order valence-corrected chi connectivity index (χ3v) is 4.35. The maximum absolute atomic E-state index is 13.1. The summed E-state index contributed by atoms with van der Waals surface area (Å²) in [5, 5.41) is 4.40. The van der Waals surface area contributed by atoms with Gasteiger partial charge in [0.05, 0.1) is 5.69 Å². The second kappa shape index (κ2) is 9.48. The molecule has 0 saturated heterocycles. The van der Waals surface area contributed by atoms with Crippen LogP contribution < -0.4 is 0 Å². The molecule has 0 radical (unpaired) electrons. The molecule has 6 heteroatoms. The molecule has 0 atom stereocenters. The lowest BCUT2D eigenvalue weighted by atomic mass is 10.2. The second-order valence-electron chi connectivity index (χ2n) is 6.79. The van der Waals surface area contributed by atoms with Crippen LogP contribution in [0.1, 0.15) is 38.2 Å². The molecule has 0 unspecified atom stereocenters. The summed E-state index contributed by atoms with van der Waals surface area (Å²) in [6, 6.07) is 7.77. The van der Waals surface area contributed by atoms with E-state index in [2.05, 4.69) is 37.7 Å². The number of hydrogen-bond donors (Lipinski definition) is 0. The van der Waals surface area contributed by atoms with Gasteiger partial charge in [-0.3, -0.25) is 4.79 Å². The molecule has 1 heterocycles. The van der Waals surface area contributed by atoms with Gasteiger partial charge in [-0.05, 0) is 49.3 Å². The minimum absolute atomic E-state index is 0.0632. The number of carbonyl (C=O) groups is 1. The Balaban J connectivity index is 2.13. The van der Waals surface area contributed by atoms with E-state index in [4.69, 9.17) is 0 Å². The van der Waals surface area contributed by atoms with E-state index in [1.165, 1.54) is 12.1 Å². The van der Waals surface area contributed by atoms with E-state index >= 15 is 0 Å². The third kappa shape index (κ3) is 5.39. The number of halogens is 1. The van der Waals surface area contributed by atoms with Gasteiger partial charge in [-0.25, -0.2) is 9.07 Å². The summed E-state index contributed by atoms with van der Waals surface area (Å²) in [7, 11) is 0. The lowest BCUT2D eigenvalue weighted by molar-refractivity contribution is 0.0710. The summed E-state index contributed by atoms with van der Waals surface area (Å²) in [5.41, 5.74) is 1.14. The van der Waals surface area contributed by atoms with Crippen LogP contribution in [0, 0.1) is 11.7 Å². The molecule has 26 heavy (non-hydrogen) atoms. The molecule has 0 aliphatic heterocycles. The van der Waals surface area contributed by atoms with Crippen LogP contribution in [0.2, 0.25) is 0 Å². The van der Waals surface area contributed by atoms with Crippen molar-refractivity contribution in [1.82, 2.24) is 19.6 Å². The molecule has 1 amide bonds. The number of likely N-dealkylation sites (N-methyl/N-ethyl adjacent to an activating group) is 1. The van der Waals surface area contributed by atoms with E-state index in [0.717, 1.165) is 25.3 Å². The van der Waals surface area contributed by atoms with Gasteiger partial charge in [0, 0.05) is 25.8 Å². The number of carbonyl (C=O) groups excluding carboxylic acids is 1. The predicted octanol–water partition coefficient (Wildman–Crippen LogP) is 3.45. The molecule has 5 nitrogen and oxygen atoms in total. The van der Waals surface area contributed by atoms with Gasteiger partial charge in [-0.2, -0.15) is 5.10 Å². The highest BCUT2D eigenvalue weighted by atomic mass is 19.1. The fourth-order valence-corrected chi connectivity index (χ4v) is 2.86. The highest BCUT2D eigenvalue weighted by Gasteiger charge is 2.20. The van der Waals surface area contributed by atoms with Gasteiger partial charge in [0.25, 0.3) is 5.91 Å². The van der Waals surface area contributed by atoms with Crippen molar-refractivity contribution in [2.75, 3.05) is 32.7 Å². The van der Waals surface area contributed by atoms with Gasteiger partial charge in [0.1, 0.15) is 5.82 Å².